The van der Waals surface area contributed by atoms with Crippen LogP contribution in [-0.2, 0) is 22.4 Å². The van der Waals surface area contributed by atoms with Gasteiger partial charge in [-0.15, -0.1) is 0 Å². The van der Waals surface area contributed by atoms with Gasteiger partial charge in [-0.2, -0.15) is 0 Å². The first-order valence-corrected chi connectivity index (χ1v) is 11.5. The predicted octanol–water partition coefficient (Wildman–Crippen LogP) is 2.44. The average Bonchev–Trinajstić information content (AvgIpc) is 3.08. The molecule has 8 heteroatoms. The van der Waals surface area contributed by atoms with Crippen LogP contribution in [0, 0.1) is 5.41 Å². The summed E-state index contributed by atoms with van der Waals surface area (Å²) in [6.45, 7) is 9.71. The van der Waals surface area contributed by atoms with Gasteiger partial charge in [-0.25, -0.2) is 0 Å². The fourth-order valence-electron chi connectivity index (χ4n) is 4.55. The Morgan fingerprint density at radius 2 is 1.97 bits per heavy atom. The molecule has 1 aliphatic heterocycles. The smallest absolute Gasteiger partial charge is 0.423 e. The monoisotopic (exact) mass is 452 g/mol. The van der Waals surface area contributed by atoms with E-state index in [1.807, 2.05) is 45.9 Å². The van der Waals surface area contributed by atoms with Crippen molar-refractivity contribution in [1.82, 2.24) is 9.55 Å². The first-order chi connectivity index (χ1) is 15.7. The Kier molecular flexibility index (Phi) is 6.93. The van der Waals surface area contributed by atoms with Gasteiger partial charge in [0.25, 0.3) is 0 Å². The van der Waals surface area contributed by atoms with Gasteiger partial charge in [-0.3, -0.25) is 4.98 Å². The maximum Gasteiger partial charge on any atom is 0.488 e. The minimum absolute atomic E-state index is 0.0292. The number of nitrogens with zero attached hydrogens (tertiary/aromatic N) is 2. The van der Waals surface area contributed by atoms with Gasteiger partial charge >= 0.3 is 7.12 Å². The molecule has 2 atom stereocenters. The molecule has 7 nitrogen and oxygen atoms in total. The summed E-state index contributed by atoms with van der Waals surface area (Å²) < 4.78 is 14.4. The first kappa shape index (κ1) is 23.9. The molecular weight excluding hydrogens is 419 g/mol. The molecule has 0 radical (unpaired) electrons. The number of pyridine rings is 1. The Balaban J connectivity index is 2.05. The second-order valence-corrected chi connectivity index (χ2v) is 9.72. The first-order valence-electron chi connectivity index (χ1n) is 11.5. The number of aliphatic hydroxyl groups is 1. The van der Waals surface area contributed by atoms with Crippen molar-refractivity contribution in [2.75, 3.05) is 19.8 Å². The van der Waals surface area contributed by atoms with Crippen molar-refractivity contribution in [3.8, 4) is 11.3 Å². The minimum Gasteiger partial charge on any atom is -0.423 e. The van der Waals surface area contributed by atoms with Crippen molar-refractivity contribution in [1.29, 1.82) is 0 Å². The Morgan fingerprint density at radius 3 is 2.70 bits per heavy atom. The second-order valence-electron chi connectivity index (χ2n) is 9.72. The van der Waals surface area contributed by atoms with Gasteiger partial charge in [0, 0.05) is 35.8 Å². The molecule has 0 amide bonds. The lowest BCUT2D eigenvalue weighted by Gasteiger charge is -2.24. The van der Waals surface area contributed by atoms with Crippen LogP contribution in [0.3, 0.4) is 0 Å². The summed E-state index contributed by atoms with van der Waals surface area (Å²) in [6.07, 6.45) is 2.11. The summed E-state index contributed by atoms with van der Waals surface area (Å²) in [6, 6.07) is 9.50. The van der Waals surface area contributed by atoms with E-state index in [0.717, 1.165) is 33.4 Å². The van der Waals surface area contributed by atoms with Crippen molar-refractivity contribution < 1.29 is 24.6 Å². The number of fused-ring (bicyclic) bond motifs is 5. The minimum atomic E-state index is -1.56. The number of hydrogen-bond donors (Lipinski definition) is 3. The lowest BCUT2D eigenvalue weighted by atomic mass is 9.78. The normalized spacial score (nSPS) is 19.6. The summed E-state index contributed by atoms with van der Waals surface area (Å²) in [4.78, 5) is 4.69. The highest BCUT2D eigenvalue weighted by atomic mass is 16.5. The summed E-state index contributed by atoms with van der Waals surface area (Å²) in [5.74, 6) is 0. The molecule has 176 valence electrons. The highest BCUT2D eigenvalue weighted by Gasteiger charge is 2.29. The van der Waals surface area contributed by atoms with Gasteiger partial charge in [-0.05, 0) is 54.9 Å². The van der Waals surface area contributed by atoms with Crippen LogP contribution in [0.2, 0.25) is 0 Å². The van der Waals surface area contributed by atoms with E-state index in [2.05, 4.69) is 10.6 Å². The van der Waals surface area contributed by atoms with Gasteiger partial charge in [0.1, 0.15) is 0 Å². The predicted molar refractivity (Wildman–Crippen MR) is 129 cm³/mol. The van der Waals surface area contributed by atoms with Crippen LogP contribution in [0.15, 0.2) is 36.5 Å². The third-order valence-corrected chi connectivity index (χ3v) is 6.35. The van der Waals surface area contributed by atoms with Gasteiger partial charge < -0.3 is 29.2 Å². The molecule has 1 aliphatic rings. The molecule has 3 N–H and O–H groups in total. The molecule has 0 aliphatic carbocycles. The third kappa shape index (κ3) is 4.86. The summed E-state index contributed by atoms with van der Waals surface area (Å²) >= 11 is 0. The molecule has 0 saturated heterocycles. The van der Waals surface area contributed by atoms with E-state index < -0.39 is 7.12 Å². The van der Waals surface area contributed by atoms with Gasteiger partial charge in [-0.1, -0.05) is 26.0 Å². The van der Waals surface area contributed by atoms with Crippen molar-refractivity contribution >= 4 is 23.5 Å². The number of aliphatic hydroxyl groups excluding tert-OH is 1. The fraction of sp³-hybridized carbons (Fsp3) is 0.480. The highest BCUT2D eigenvalue weighted by Crippen LogP contribution is 2.40. The molecule has 0 fully saturated rings. The molecule has 3 heterocycles. The van der Waals surface area contributed by atoms with E-state index in [4.69, 9.17) is 14.5 Å². The van der Waals surface area contributed by atoms with Crippen LogP contribution in [-0.4, -0.2) is 57.7 Å². The molecule has 0 unspecified atom stereocenters. The van der Waals surface area contributed by atoms with E-state index >= 15 is 0 Å². The molecule has 1 aromatic carbocycles. The highest BCUT2D eigenvalue weighted by molar-refractivity contribution is 6.58. The molecule has 0 saturated carbocycles. The topological polar surface area (TPSA) is 97.0 Å². The van der Waals surface area contributed by atoms with Crippen LogP contribution < -0.4 is 5.46 Å². The maximum absolute atomic E-state index is 10.1. The van der Waals surface area contributed by atoms with E-state index in [9.17, 15) is 15.2 Å². The lowest BCUT2D eigenvalue weighted by molar-refractivity contribution is -0.0342. The standard InChI is InChI=1S/C25H33BN2O5/c1-16-14-33-17(2)23-19(6-5-9-27-23)24-21(13-25(3,4)15-29)20-12-18(26(30)31)7-8-22(20)28(24)10-11-32-16/h5-9,12,16-17,29-31H,10-11,13-15H2,1-4H3/t16-,17-/m0/s1. The van der Waals surface area contributed by atoms with Crippen molar-refractivity contribution in [2.45, 2.75) is 52.9 Å². The second kappa shape index (κ2) is 9.56. The van der Waals surface area contributed by atoms with Crippen molar-refractivity contribution in [3.05, 3.63) is 47.8 Å². The third-order valence-electron chi connectivity index (χ3n) is 6.35. The zero-order valence-electron chi connectivity index (χ0n) is 19.8. The Hall–Kier alpha value is -2.23. The summed E-state index contributed by atoms with van der Waals surface area (Å²) in [7, 11) is -1.56. The van der Waals surface area contributed by atoms with E-state index in [1.165, 1.54) is 0 Å². The van der Waals surface area contributed by atoms with Crippen LogP contribution in [0.5, 0.6) is 0 Å². The molecule has 4 rings (SSSR count). The molecule has 0 bridgehead atoms. The average molecular weight is 452 g/mol. The van der Waals surface area contributed by atoms with Crippen molar-refractivity contribution in [2.24, 2.45) is 5.41 Å². The van der Waals surface area contributed by atoms with Crippen LogP contribution in [0.25, 0.3) is 22.2 Å². The number of benzene rings is 1. The lowest BCUT2D eigenvalue weighted by Crippen LogP contribution is -2.29. The maximum atomic E-state index is 10.1. The molecule has 3 aromatic rings. The van der Waals surface area contributed by atoms with Gasteiger partial charge in [0.05, 0.1) is 36.8 Å². The molecule has 0 spiro atoms. The zero-order chi connectivity index (χ0) is 23.8. The molecule has 33 heavy (non-hydrogen) atoms. The largest absolute Gasteiger partial charge is 0.488 e. The van der Waals surface area contributed by atoms with Crippen molar-refractivity contribution in [3.63, 3.8) is 0 Å². The zero-order valence-corrected chi connectivity index (χ0v) is 19.8. The fourth-order valence-corrected chi connectivity index (χ4v) is 4.55. The number of ether oxygens (including phenoxy) is 2. The van der Waals surface area contributed by atoms with Gasteiger partial charge in [0.2, 0.25) is 0 Å². The quantitative estimate of drug-likeness (QED) is 0.527. The number of hydrogen-bond acceptors (Lipinski definition) is 6. The Labute approximate surface area is 195 Å². The SMILES string of the molecule is C[C@@H]1OC[C@H](C)OCCn2c(c(CC(C)(C)CO)c3cc(B(O)O)ccc32)-c2cccnc21. The van der Waals surface area contributed by atoms with E-state index in [1.54, 1.807) is 12.3 Å². The van der Waals surface area contributed by atoms with E-state index in [-0.39, 0.29) is 24.2 Å². The number of rotatable bonds is 4. The van der Waals surface area contributed by atoms with Crippen LogP contribution in [0.4, 0.5) is 0 Å². The number of aromatic nitrogens is 2. The Bertz CT molecular complexity index is 1130. The van der Waals surface area contributed by atoms with Crippen LogP contribution in [0.1, 0.15) is 45.1 Å². The van der Waals surface area contributed by atoms with E-state index in [0.29, 0.717) is 31.6 Å². The van der Waals surface area contributed by atoms with Gasteiger partial charge in [0.15, 0.2) is 0 Å². The summed E-state index contributed by atoms with van der Waals surface area (Å²) in [5, 5.41) is 30.7. The van der Waals surface area contributed by atoms with Crippen LogP contribution >= 0.6 is 0 Å². The summed E-state index contributed by atoms with van der Waals surface area (Å²) in [5.41, 5.74) is 4.92. The molecular formula is C25H33BN2O5. The Morgan fingerprint density at radius 1 is 1.18 bits per heavy atom. The molecule has 2 aromatic heterocycles.